The quantitative estimate of drug-likeness (QED) is 0.720. The molecule has 15 heavy (non-hydrogen) atoms. The lowest BCUT2D eigenvalue weighted by Crippen LogP contribution is -2.05. The second-order valence-electron chi connectivity index (χ2n) is 3.66. The lowest BCUT2D eigenvalue weighted by Gasteiger charge is -2.03. The van der Waals surface area contributed by atoms with E-state index in [2.05, 4.69) is 0 Å². The Morgan fingerprint density at radius 3 is 2.47 bits per heavy atom. The first kappa shape index (κ1) is 12.5. The molecular weight excluding hydrogens is 231 g/mol. The molecule has 0 aliphatic rings. The van der Waals surface area contributed by atoms with Crippen LogP contribution in [0.2, 0.25) is 5.02 Å². The maximum absolute atomic E-state index is 11.5. The minimum atomic E-state index is 0.0687. The fourth-order valence-electron chi connectivity index (χ4n) is 1.28. The molecular formula is C12H14Cl2O. The number of hydrogen-bond donors (Lipinski definition) is 0. The number of carbonyl (C=O) groups excluding carboxylic acids is 1. The number of rotatable bonds is 5. The molecule has 1 nitrogen and oxygen atoms in total. The molecule has 0 aliphatic heterocycles. The summed E-state index contributed by atoms with van der Waals surface area (Å²) in [6.07, 6.45) is 1.77. The summed E-state index contributed by atoms with van der Waals surface area (Å²) < 4.78 is 0. The molecule has 0 N–H and O–H groups in total. The van der Waals surface area contributed by atoms with Gasteiger partial charge in [0.1, 0.15) is 5.78 Å². The molecule has 1 atom stereocenters. The van der Waals surface area contributed by atoms with Gasteiger partial charge < -0.3 is 0 Å². The molecule has 0 spiro atoms. The maximum Gasteiger partial charge on any atom is 0.137 e. The van der Waals surface area contributed by atoms with Gasteiger partial charge in [-0.25, -0.2) is 0 Å². The van der Waals surface area contributed by atoms with Gasteiger partial charge in [0.05, 0.1) is 0 Å². The van der Waals surface area contributed by atoms with Crippen LogP contribution in [0.1, 0.15) is 25.3 Å². The van der Waals surface area contributed by atoms with Crippen LogP contribution < -0.4 is 0 Å². The average molecular weight is 245 g/mol. The highest BCUT2D eigenvalue weighted by Crippen LogP contribution is 2.12. The highest BCUT2D eigenvalue weighted by atomic mass is 35.5. The second-order valence-corrected chi connectivity index (χ2v) is 4.84. The van der Waals surface area contributed by atoms with Crippen molar-refractivity contribution in [1.82, 2.24) is 0 Å². The highest BCUT2D eigenvalue weighted by Gasteiger charge is 2.05. The molecule has 3 heteroatoms. The number of benzene rings is 1. The number of alkyl halides is 1. The summed E-state index contributed by atoms with van der Waals surface area (Å²) in [5.41, 5.74) is 1.01. The van der Waals surface area contributed by atoms with E-state index >= 15 is 0 Å². The van der Waals surface area contributed by atoms with Crippen LogP contribution in [0.5, 0.6) is 0 Å². The molecule has 0 radical (unpaired) electrons. The van der Waals surface area contributed by atoms with Crippen molar-refractivity contribution in [3.05, 3.63) is 34.9 Å². The van der Waals surface area contributed by atoms with Crippen molar-refractivity contribution in [2.24, 2.45) is 0 Å². The highest BCUT2D eigenvalue weighted by molar-refractivity contribution is 6.30. The van der Waals surface area contributed by atoms with E-state index in [0.29, 0.717) is 17.9 Å². The van der Waals surface area contributed by atoms with E-state index in [-0.39, 0.29) is 11.2 Å². The van der Waals surface area contributed by atoms with Crippen LogP contribution in [0, 0.1) is 0 Å². The third-order valence-corrected chi connectivity index (χ3v) is 2.61. The summed E-state index contributed by atoms with van der Waals surface area (Å²) in [6.45, 7) is 1.90. The summed E-state index contributed by atoms with van der Waals surface area (Å²) in [5.74, 6) is 0.227. The lowest BCUT2D eigenvalue weighted by atomic mass is 10.1. The van der Waals surface area contributed by atoms with Gasteiger partial charge in [0, 0.05) is 23.2 Å². The fraction of sp³-hybridized carbons (Fsp3) is 0.417. The standard InChI is InChI=1S/C12H14Cl2O/c1-9(13)2-7-12(15)8-10-3-5-11(14)6-4-10/h3-6,9H,2,7-8H2,1H3. The van der Waals surface area contributed by atoms with E-state index < -0.39 is 0 Å². The van der Waals surface area contributed by atoms with E-state index in [1.165, 1.54) is 0 Å². The average Bonchev–Trinajstić information content (AvgIpc) is 2.19. The molecule has 0 heterocycles. The van der Waals surface area contributed by atoms with E-state index in [1.807, 2.05) is 19.1 Å². The normalized spacial score (nSPS) is 12.5. The Bertz CT molecular complexity index is 317. The molecule has 82 valence electrons. The Hall–Kier alpha value is -0.530. The van der Waals surface area contributed by atoms with Crippen molar-refractivity contribution in [1.29, 1.82) is 0 Å². The van der Waals surface area contributed by atoms with Crippen molar-refractivity contribution in [3.8, 4) is 0 Å². The zero-order valence-corrected chi connectivity index (χ0v) is 10.2. The molecule has 1 aromatic rings. The Morgan fingerprint density at radius 2 is 1.93 bits per heavy atom. The fourth-order valence-corrected chi connectivity index (χ4v) is 1.51. The van der Waals surface area contributed by atoms with Gasteiger partial charge in [-0.05, 0) is 31.0 Å². The third kappa shape index (κ3) is 5.19. The number of Topliss-reactive ketones (excluding diaryl/α,β-unsaturated/α-hetero) is 1. The molecule has 1 aromatic carbocycles. The Labute approximate surface area is 100 Å². The molecule has 1 unspecified atom stereocenters. The molecule has 0 aromatic heterocycles. The number of hydrogen-bond acceptors (Lipinski definition) is 1. The van der Waals surface area contributed by atoms with E-state index in [9.17, 15) is 4.79 Å². The van der Waals surface area contributed by atoms with E-state index in [4.69, 9.17) is 23.2 Å². The summed E-state index contributed by atoms with van der Waals surface area (Å²) in [7, 11) is 0. The van der Waals surface area contributed by atoms with Crippen molar-refractivity contribution < 1.29 is 4.79 Å². The number of carbonyl (C=O) groups is 1. The molecule has 0 saturated carbocycles. The van der Waals surface area contributed by atoms with Crippen LogP contribution in [-0.4, -0.2) is 11.2 Å². The zero-order chi connectivity index (χ0) is 11.3. The Balaban J connectivity index is 2.41. The molecule has 0 amide bonds. The van der Waals surface area contributed by atoms with Gasteiger partial charge in [0.25, 0.3) is 0 Å². The Kier molecular flexibility index (Phi) is 5.13. The van der Waals surface area contributed by atoms with E-state index in [1.54, 1.807) is 12.1 Å². The van der Waals surface area contributed by atoms with Gasteiger partial charge in [0.2, 0.25) is 0 Å². The first-order chi connectivity index (χ1) is 7.08. The molecule has 0 fully saturated rings. The third-order valence-electron chi connectivity index (χ3n) is 2.14. The number of ketones is 1. The first-order valence-electron chi connectivity index (χ1n) is 4.98. The van der Waals surface area contributed by atoms with Crippen molar-refractivity contribution in [2.45, 2.75) is 31.6 Å². The van der Waals surface area contributed by atoms with E-state index in [0.717, 1.165) is 12.0 Å². The summed E-state index contributed by atoms with van der Waals surface area (Å²) >= 11 is 11.5. The first-order valence-corrected chi connectivity index (χ1v) is 5.79. The Morgan fingerprint density at radius 1 is 1.33 bits per heavy atom. The van der Waals surface area contributed by atoms with Crippen LogP contribution in [0.3, 0.4) is 0 Å². The predicted octanol–water partition coefficient (Wildman–Crippen LogP) is 3.86. The minimum absolute atomic E-state index is 0.0687. The monoisotopic (exact) mass is 244 g/mol. The van der Waals surface area contributed by atoms with Crippen molar-refractivity contribution in [2.75, 3.05) is 0 Å². The molecule has 0 saturated heterocycles. The van der Waals surface area contributed by atoms with Crippen LogP contribution >= 0.6 is 23.2 Å². The van der Waals surface area contributed by atoms with Crippen LogP contribution in [0.25, 0.3) is 0 Å². The summed E-state index contributed by atoms with van der Waals surface area (Å²) in [6, 6.07) is 7.36. The van der Waals surface area contributed by atoms with Crippen LogP contribution in [0.4, 0.5) is 0 Å². The van der Waals surface area contributed by atoms with Gasteiger partial charge in [-0.2, -0.15) is 0 Å². The van der Waals surface area contributed by atoms with Gasteiger partial charge in [0.15, 0.2) is 0 Å². The lowest BCUT2D eigenvalue weighted by molar-refractivity contribution is -0.118. The zero-order valence-electron chi connectivity index (χ0n) is 8.67. The summed E-state index contributed by atoms with van der Waals surface area (Å²) in [4.78, 5) is 11.5. The second kappa shape index (κ2) is 6.14. The molecule has 0 aliphatic carbocycles. The minimum Gasteiger partial charge on any atom is -0.299 e. The van der Waals surface area contributed by atoms with Crippen molar-refractivity contribution in [3.63, 3.8) is 0 Å². The summed E-state index contributed by atoms with van der Waals surface area (Å²) in [5, 5.41) is 0.764. The topological polar surface area (TPSA) is 17.1 Å². The molecule has 1 rings (SSSR count). The van der Waals surface area contributed by atoms with Gasteiger partial charge in [-0.15, -0.1) is 11.6 Å². The maximum atomic E-state index is 11.5. The van der Waals surface area contributed by atoms with Crippen molar-refractivity contribution >= 4 is 29.0 Å². The van der Waals surface area contributed by atoms with Gasteiger partial charge in [-0.3, -0.25) is 4.79 Å². The SMILES string of the molecule is CC(Cl)CCC(=O)Cc1ccc(Cl)cc1. The predicted molar refractivity (Wildman–Crippen MR) is 64.7 cm³/mol. The smallest absolute Gasteiger partial charge is 0.137 e. The number of halogens is 2. The van der Waals surface area contributed by atoms with Crippen LogP contribution in [0.15, 0.2) is 24.3 Å². The van der Waals surface area contributed by atoms with Gasteiger partial charge in [-0.1, -0.05) is 23.7 Å². The largest absolute Gasteiger partial charge is 0.299 e. The van der Waals surface area contributed by atoms with Gasteiger partial charge >= 0.3 is 0 Å². The van der Waals surface area contributed by atoms with Crippen LogP contribution in [-0.2, 0) is 11.2 Å². The molecule has 0 bridgehead atoms.